The zero-order valence-corrected chi connectivity index (χ0v) is 16.6. The lowest BCUT2D eigenvalue weighted by Gasteiger charge is -2.20. The largest absolute Gasteiger partial charge is 0.356 e. The van der Waals surface area contributed by atoms with E-state index in [9.17, 15) is 8.42 Å². The molecule has 4 nitrogen and oxygen atoms in total. The van der Waals surface area contributed by atoms with Crippen molar-refractivity contribution < 1.29 is 8.42 Å². The van der Waals surface area contributed by atoms with Crippen molar-refractivity contribution in [3.05, 3.63) is 58.6 Å². The molecule has 0 amide bonds. The van der Waals surface area contributed by atoms with Crippen LogP contribution in [0.5, 0.6) is 0 Å². The molecule has 0 saturated heterocycles. The Morgan fingerprint density at radius 3 is 2.42 bits per heavy atom. The molecule has 0 aliphatic heterocycles. The van der Waals surface area contributed by atoms with Crippen LogP contribution in [0, 0.1) is 0 Å². The summed E-state index contributed by atoms with van der Waals surface area (Å²) in [6.07, 6.45) is 2.02. The van der Waals surface area contributed by atoms with E-state index in [1.54, 1.807) is 12.1 Å². The summed E-state index contributed by atoms with van der Waals surface area (Å²) in [6, 6.07) is 14.6. The Labute approximate surface area is 156 Å². The summed E-state index contributed by atoms with van der Waals surface area (Å²) in [5, 5.41) is 6.93. The number of sulfone groups is 1. The van der Waals surface area contributed by atoms with Crippen LogP contribution in [0.15, 0.2) is 57.9 Å². The van der Waals surface area contributed by atoms with Crippen LogP contribution in [0.25, 0.3) is 0 Å². The van der Waals surface area contributed by atoms with Crippen LogP contribution in [0.1, 0.15) is 24.9 Å². The average Bonchev–Trinajstić information content (AvgIpc) is 2.52. The lowest BCUT2D eigenvalue weighted by Crippen LogP contribution is -2.32. The van der Waals surface area contributed by atoms with Crippen LogP contribution < -0.4 is 10.6 Å². The van der Waals surface area contributed by atoms with Crippen LogP contribution in [0.4, 0.5) is 5.69 Å². The van der Waals surface area contributed by atoms with E-state index in [1.165, 1.54) is 6.26 Å². The minimum absolute atomic E-state index is 0.00534. The second-order valence-corrected chi connectivity index (χ2v) is 8.75. The fourth-order valence-electron chi connectivity index (χ4n) is 2.26. The molecule has 0 heterocycles. The number of rotatable bonds is 5. The van der Waals surface area contributed by atoms with Gasteiger partial charge in [0.2, 0.25) is 0 Å². The summed E-state index contributed by atoms with van der Waals surface area (Å²) in [6.45, 7) is 2.05. The van der Waals surface area contributed by atoms with Gasteiger partial charge in [0.25, 0.3) is 0 Å². The Morgan fingerprint density at radius 2 is 1.88 bits per heavy atom. The molecule has 0 bridgehead atoms. The van der Waals surface area contributed by atoms with Crippen molar-refractivity contribution in [1.29, 1.82) is 0 Å². The number of nitrogens with one attached hydrogen (secondary N) is 2. The molecule has 0 aromatic heterocycles. The standard InChI is InChI=1S/C17H19BrN2O2S2/c1-3-16(12-7-9-15(10-8-12)24(2,21)22)20-17(23)19-14-6-4-5-13(18)11-14/h4-11,16H,3H2,1-2H3,(H2,19,20,23)/t16-/m1/s1. The van der Waals surface area contributed by atoms with Crippen molar-refractivity contribution in [2.45, 2.75) is 24.3 Å². The van der Waals surface area contributed by atoms with Gasteiger partial charge in [0, 0.05) is 16.4 Å². The molecule has 0 fully saturated rings. The van der Waals surface area contributed by atoms with Gasteiger partial charge in [0.15, 0.2) is 14.9 Å². The van der Waals surface area contributed by atoms with Gasteiger partial charge < -0.3 is 10.6 Å². The van der Waals surface area contributed by atoms with Crippen molar-refractivity contribution in [3.63, 3.8) is 0 Å². The molecule has 0 saturated carbocycles. The monoisotopic (exact) mass is 426 g/mol. The van der Waals surface area contributed by atoms with E-state index < -0.39 is 9.84 Å². The van der Waals surface area contributed by atoms with E-state index >= 15 is 0 Å². The average molecular weight is 427 g/mol. The SMILES string of the molecule is CC[C@@H](NC(=S)Nc1cccc(Br)c1)c1ccc(S(C)(=O)=O)cc1. The molecule has 128 valence electrons. The summed E-state index contributed by atoms with van der Waals surface area (Å²) >= 11 is 8.80. The van der Waals surface area contributed by atoms with Gasteiger partial charge in [0.1, 0.15) is 0 Å². The van der Waals surface area contributed by atoms with Crippen LogP contribution in [-0.4, -0.2) is 19.8 Å². The van der Waals surface area contributed by atoms with Gasteiger partial charge in [-0.3, -0.25) is 0 Å². The summed E-state index contributed by atoms with van der Waals surface area (Å²) in [5.74, 6) is 0. The molecular formula is C17H19BrN2O2S2. The third-order valence-electron chi connectivity index (χ3n) is 3.51. The van der Waals surface area contributed by atoms with Crippen molar-refractivity contribution in [3.8, 4) is 0 Å². The smallest absolute Gasteiger partial charge is 0.175 e. The van der Waals surface area contributed by atoms with E-state index in [0.29, 0.717) is 10.0 Å². The predicted octanol–water partition coefficient (Wildman–Crippen LogP) is 4.29. The number of halogens is 1. The van der Waals surface area contributed by atoms with Crippen LogP contribution >= 0.6 is 28.1 Å². The van der Waals surface area contributed by atoms with E-state index in [4.69, 9.17) is 12.2 Å². The molecule has 2 N–H and O–H groups in total. The fourth-order valence-corrected chi connectivity index (χ4v) is 3.55. The number of thiocarbonyl (C=S) groups is 1. The lowest BCUT2D eigenvalue weighted by molar-refractivity contribution is 0.601. The summed E-state index contributed by atoms with van der Waals surface area (Å²) in [5.41, 5.74) is 1.88. The van der Waals surface area contributed by atoms with Crippen LogP contribution in [0.2, 0.25) is 0 Å². The van der Waals surface area contributed by atoms with E-state index in [0.717, 1.165) is 22.1 Å². The Balaban J connectivity index is 2.07. The normalized spacial score (nSPS) is 12.5. The number of hydrogen-bond acceptors (Lipinski definition) is 3. The maximum absolute atomic E-state index is 11.5. The second-order valence-electron chi connectivity index (χ2n) is 5.41. The minimum atomic E-state index is -3.18. The molecule has 7 heteroatoms. The number of hydrogen-bond donors (Lipinski definition) is 2. The maximum atomic E-state index is 11.5. The Hall–Kier alpha value is -1.44. The third kappa shape index (κ3) is 5.29. The Morgan fingerprint density at radius 1 is 1.21 bits per heavy atom. The van der Waals surface area contributed by atoms with Gasteiger partial charge in [-0.15, -0.1) is 0 Å². The first kappa shape index (κ1) is 18.9. The molecule has 2 rings (SSSR count). The second kappa shape index (κ2) is 8.09. The molecule has 2 aromatic rings. The Kier molecular flexibility index (Phi) is 6.37. The summed E-state index contributed by atoms with van der Waals surface area (Å²) in [4.78, 5) is 0.316. The van der Waals surface area contributed by atoms with Gasteiger partial charge in [-0.25, -0.2) is 8.42 Å². The van der Waals surface area contributed by atoms with Gasteiger partial charge in [-0.05, 0) is 54.5 Å². The highest BCUT2D eigenvalue weighted by molar-refractivity contribution is 9.10. The van der Waals surface area contributed by atoms with Gasteiger partial charge in [-0.1, -0.05) is 41.1 Å². The molecule has 2 aromatic carbocycles. The molecule has 0 aliphatic rings. The topological polar surface area (TPSA) is 58.2 Å². The molecule has 24 heavy (non-hydrogen) atoms. The fraction of sp³-hybridized carbons (Fsp3) is 0.235. The minimum Gasteiger partial charge on any atom is -0.356 e. The third-order valence-corrected chi connectivity index (χ3v) is 5.35. The van der Waals surface area contributed by atoms with Gasteiger partial charge in [0.05, 0.1) is 10.9 Å². The highest BCUT2D eigenvalue weighted by Crippen LogP contribution is 2.20. The highest BCUT2D eigenvalue weighted by atomic mass is 79.9. The van der Waals surface area contributed by atoms with Crippen molar-refractivity contribution >= 4 is 48.8 Å². The zero-order chi connectivity index (χ0) is 17.7. The molecular weight excluding hydrogens is 408 g/mol. The summed E-state index contributed by atoms with van der Waals surface area (Å²) < 4.78 is 24.1. The first-order valence-electron chi connectivity index (χ1n) is 7.42. The quantitative estimate of drug-likeness (QED) is 0.698. The zero-order valence-electron chi connectivity index (χ0n) is 13.4. The van der Waals surface area contributed by atoms with Gasteiger partial charge >= 0.3 is 0 Å². The van der Waals surface area contributed by atoms with E-state index in [2.05, 4.69) is 26.6 Å². The molecule has 1 atom stereocenters. The van der Waals surface area contributed by atoms with Crippen LogP contribution in [-0.2, 0) is 9.84 Å². The lowest BCUT2D eigenvalue weighted by atomic mass is 10.1. The van der Waals surface area contributed by atoms with Crippen molar-refractivity contribution in [2.24, 2.45) is 0 Å². The number of anilines is 1. The van der Waals surface area contributed by atoms with Crippen LogP contribution in [0.3, 0.4) is 0 Å². The predicted molar refractivity (Wildman–Crippen MR) is 106 cm³/mol. The van der Waals surface area contributed by atoms with E-state index in [1.807, 2.05) is 43.3 Å². The number of benzene rings is 2. The van der Waals surface area contributed by atoms with E-state index in [-0.39, 0.29) is 6.04 Å². The molecule has 0 radical (unpaired) electrons. The highest BCUT2D eigenvalue weighted by Gasteiger charge is 2.13. The van der Waals surface area contributed by atoms with Crippen molar-refractivity contribution in [2.75, 3.05) is 11.6 Å². The first-order valence-corrected chi connectivity index (χ1v) is 10.5. The van der Waals surface area contributed by atoms with Gasteiger partial charge in [-0.2, -0.15) is 0 Å². The summed E-state index contributed by atoms with van der Waals surface area (Å²) in [7, 11) is -3.18. The maximum Gasteiger partial charge on any atom is 0.175 e. The molecule has 0 aliphatic carbocycles. The Bertz CT molecular complexity index is 821. The van der Waals surface area contributed by atoms with Crippen molar-refractivity contribution in [1.82, 2.24) is 5.32 Å². The first-order chi connectivity index (χ1) is 11.3. The molecule has 0 unspecified atom stereocenters. The molecule has 0 spiro atoms.